The molecule has 3 heteroatoms. The number of aromatic nitrogens is 2. The van der Waals surface area contributed by atoms with Gasteiger partial charge in [-0.2, -0.15) is 5.10 Å². The number of nitrogens with zero attached hydrogens (tertiary/aromatic N) is 2. The van der Waals surface area contributed by atoms with E-state index < -0.39 is 5.60 Å². The normalized spacial score (nSPS) is 12.1. The van der Waals surface area contributed by atoms with Crippen LogP contribution in [0.2, 0.25) is 0 Å². The first-order chi connectivity index (χ1) is 6.31. The summed E-state index contributed by atoms with van der Waals surface area (Å²) in [6, 6.07) is 0. The monoisotopic (exact) mass is 196 g/mol. The highest BCUT2D eigenvalue weighted by atomic mass is 16.3. The molecule has 0 unspecified atom stereocenters. The summed E-state index contributed by atoms with van der Waals surface area (Å²) in [6.07, 6.45) is 0.731. The molecule has 1 aromatic rings. The van der Waals surface area contributed by atoms with Crippen molar-refractivity contribution in [3.8, 4) is 0 Å². The molecule has 14 heavy (non-hydrogen) atoms. The van der Waals surface area contributed by atoms with Crippen molar-refractivity contribution in [2.24, 2.45) is 0 Å². The van der Waals surface area contributed by atoms with Crippen molar-refractivity contribution >= 4 is 0 Å². The Morgan fingerprint density at radius 3 is 2.21 bits per heavy atom. The molecule has 0 radical (unpaired) electrons. The predicted octanol–water partition coefficient (Wildman–Crippen LogP) is 1.97. The summed E-state index contributed by atoms with van der Waals surface area (Å²) in [4.78, 5) is 0. The van der Waals surface area contributed by atoms with E-state index in [1.165, 1.54) is 11.3 Å². The van der Waals surface area contributed by atoms with Gasteiger partial charge in [0.2, 0.25) is 0 Å². The highest BCUT2D eigenvalue weighted by Gasteiger charge is 2.14. The van der Waals surface area contributed by atoms with E-state index in [0.717, 1.165) is 18.7 Å². The Balaban J connectivity index is 2.73. The van der Waals surface area contributed by atoms with E-state index in [-0.39, 0.29) is 0 Å². The maximum Gasteiger partial charge on any atom is 0.0625 e. The molecule has 0 spiro atoms. The summed E-state index contributed by atoms with van der Waals surface area (Å²) in [5.41, 5.74) is 2.92. The lowest BCUT2D eigenvalue weighted by atomic mass is 10.1. The molecular formula is C11H20N2O. The lowest BCUT2D eigenvalue weighted by Crippen LogP contribution is -2.21. The molecule has 80 valence electrons. The van der Waals surface area contributed by atoms with Gasteiger partial charge in [0.15, 0.2) is 0 Å². The van der Waals surface area contributed by atoms with Gasteiger partial charge in [0.25, 0.3) is 0 Å². The van der Waals surface area contributed by atoms with E-state index >= 15 is 0 Å². The highest BCUT2D eigenvalue weighted by Crippen LogP contribution is 2.14. The topological polar surface area (TPSA) is 38.0 Å². The molecule has 0 atom stereocenters. The van der Waals surface area contributed by atoms with Gasteiger partial charge in [-0.1, -0.05) is 0 Å². The van der Waals surface area contributed by atoms with E-state index in [4.69, 9.17) is 0 Å². The minimum absolute atomic E-state index is 0.611. The predicted molar refractivity (Wildman–Crippen MR) is 57.4 cm³/mol. The van der Waals surface area contributed by atoms with Crippen molar-refractivity contribution in [1.82, 2.24) is 9.78 Å². The molecule has 3 nitrogen and oxygen atoms in total. The van der Waals surface area contributed by atoms with Crippen molar-refractivity contribution in [1.29, 1.82) is 0 Å². The first-order valence-corrected chi connectivity index (χ1v) is 5.04. The summed E-state index contributed by atoms with van der Waals surface area (Å²) in [5, 5.41) is 14.0. The van der Waals surface area contributed by atoms with Gasteiger partial charge in [0, 0.05) is 12.2 Å². The first-order valence-electron chi connectivity index (χ1n) is 5.04. The van der Waals surface area contributed by atoms with Crippen LogP contribution in [0.15, 0.2) is 0 Å². The molecule has 0 bridgehead atoms. The average molecular weight is 196 g/mol. The minimum Gasteiger partial charge on any atom is -0.390 e. The van der Waals surface area contributed by atoms with E-state index in [1.807, 2.05) is 25.5 Å². The van der Waals surface area contributed by atoms with Gasteiger partial charge in [-0.3, -0.25) is 4.68 Å². The lowest BCUT2D eigenvalue weighted by molar-refractivity contribution is 0.0649. The molecule has 0 saturated carbocycles. The van der Waals surface area contributed by atoms with Crippen molar-refractivity contribution in [3.63, 3.8) is 0 Å². The molecule has 1 rings (SSSR count). The molecule has 1 N–H and O–H groups in total. The molecule has 0 aliphatic carbocycles. The molecule has 0 fully saturated rings. The fourth-order valence-corrected chi connectivity index (χ4v) is 1.38. The van der Waals surface area contributed by atoms with Crippen LogP contribution < -0.4 is 0 Å². The smallest absolute Gasteiger partial charge is 0.0625 e. The summed E-state index contributed by atoms with van der Waals surface area (Å²) in [7, 11) is 0. The standard InChI is InChI=1S/C11H20N2O/c1-8-9(2)12-13(10(8)3)7-6-11(4,5)14/h14H,6-7H2,1-5H3. The maximum absolute atomic E-state index is 9.60. The Bertz CT molecular complexity index is 321. The Labute approximate surface area is 85.8 Å². The largest absolute Gasteiger partial charge is 0.390 e. The van der Waals surface area contributed by atoms with Gasteiger partial charge >= 0.3 is 0 Å². The third kappa shape index (κ3) is 2.58. The zero-order valence-corrected chi connectivity index (χ0v) is 9.76. The fourth-order valence-electron chi connectivity index (χ4n) is 1.38. The van der Waals surface area contributed by atoms with Crippen LogP contribution in [0, 0.1) is 20.8 Å². The van der Waals surface area contributed by atoms with E-state index in [0.29, 0.717) is 0 Å². The zero-order valence-electron chi connectivity index (χ0n) is 9.76. The third-order valence-electron chi connectivity index (χ3n) is 2.68. The van der Waals surface area contributed by atoms with Crippen molar-refractivity contribution in [2.45, 2.75) is 53.2 Å². The van der Waals surface area contributed by atoms with Gasteiger partial charge in [0.1, 0.15) is 0 Å². The second-order valence-corrected chi connectivity index (χ2v) is 4.58. The van der Waals surface area contributed by atoms with Crippen LogP contribution in [0.4, 0.5) is 0 Å². The summed E-state index contributed by atoms with van der Waals surface area (Å²) >= 11 is 0. The van der Waals surface area contributed by atoms with E-state index in [9.17, 15) is 5.11 Å². The van der Waals surface area contributed by atoms with Gasteiger partial charge in [-0.15, -0.1) is 0 Å². The Kier molecular flexibility index (Phi) is 3.00. The summed E-state index contributed by atoms with van der Waals surface area (Å²) < 4.78 is 1.97. The van der Waals surface area contributed by atoms with E-state index in [1.54, 1.807) is 0 Å². The molecular weight excluding hydrogens is 176 g/mol. The summed E-state index contributed by atoms with van der Waals surface area (Å²) in [5.74, 6) is 0. The molecule has 0 aliphatic heterocycles. The number of aliphatic hydroxyl groups is 1. The maximum atomic E-state index is 9.60. The van der Waals surface area contributed by atoms with Crippen molar-refractivity contribution < 1.29 is 5.11 Å². The Morgan fingerprint density at radius 1 is 1.29 bits per heavy atom. The molecule has 0 amide bonds. The third-order valence-corrected chi connectivity index (χ3v) is 2.68. The summed E-state index contributed by atoms with van der Waals surface area (Å²) in [6.45, 7) is 10.6. The van der Waals surface area contributed by atoms with Crippen LogP contribution in [0.1, 0.15) is 37.2 Å². The number of hydrogen-bond acceptors (Lipinski definition) is 2. The molecule has 0 saturated heterocycles. The fraction of sp³-hybridized carbons (Fsp3) is 0.727. The quantitative estimate of drug-likeness (QED) is 0.802. The van der Waals surface area contributed by atoms with Crippen molar-refractivity contribution in [3.05, 3.63) is 17.0 Å². The van der Waals surface area contributed by atoms with Crippen molar-refractivity contribution in [2.75, 3.05) is 0 Å². The molecule has 0 aromatic carbocycles. The first kappa shape index (κ1) is 11.2. The second-order valence-electron chi connectivity index (χ2n) is 4.58. The minimum atomic E-state index is -0.611. The van der Waals surface area contributed by atoms with E-state index in [2.05, 4.69) is 18.9 Å². The van der Waals surface area contributed by atoms with Crippen LogP contribution in [-0.2, 0) is 6.54 Å². The highest BCUT2D eigenvalue weighted by molar-refractivity contribution is 5.22. The van der Waals surface area contributed by atoms with Gasteiger partial charge in [-0.05, 0) is 46.6 Å². The second kappa shape index (κ2) is 3.73. The molecule has 0 aliphatic rings. The SMILES string of the molecule is Cc1nn(CCC(C)(C)O)c(C)c1C. The molecule has 1 heterocycles. The Hall–Kier alpha value is -0.830. The van der Waals surface area contributed by atoms with Crippen LogP contribution in [-0.4, -0.2) is 20.5 Å². The number of rotatable bonds is 3. The lowest BCUT2D eigenvalue weighted by Gasteiger charge is -2.17. The molecule has 1 aromatic heterocycles. The van der Waals surface area contributed by atoms with Crippen LogP contribution in [0.3, 0.4) is 0 Å². The number of hydrogen-bond donors (Lipinski definition) is 1. The van der Waals surface area contributed by atoms with Gasteiger partial charge in [0.05, 0.1) is 11.3 Å². The van der Waals surface area contributed by atoms with Crippen LogP contribution in [0.5, 0.6) is 0 Å². The van der Waals surface area contributed by atoms with Crippen LogP contribution >= 0.6 is 0 Å². The Morgan fingerprint density at radius 2 is 1.86 bits per heavy atom. The average Bonchev–Trinajstić information content (AvgIpc) is 2.28. The number of aryl methyl sites for hydroxylation is 2. The van der Waals surface area contributed by atoms with Gasteiger partial charge < -0.3 is 5.11 Å². The van der Waals surface area contributed by atoms with Gasteiger partial charge in [-0.25, -0.2) is 0 Å². The zero-order chi connectivity index (χ0) is 10.9. The van der Waals surface area contributed by atoms with Crippen LogP contribution in [0.25, 0.3) is 0 Å².